The van der Waals surface area contributed by atoms with Crippen LogP contribution in [0.2, 0.25) is 0 Å². The Morgan fingerprint density at radius 3 is 2.37 bits per heavy atom. The molecular weight excluding hydrogens is 266 g/mol. The molecule has 0 aromatic heterocycles. The topological polar surface area (TPSA) is 90.5 Å². The fourth-order valence-electron chi connectivity index (χ4n) is 1.21. The Labute approximate surface area is 116 Å². The van der Waals surface area contributed by atoms with Gasteiger partial charge in [-0.25, -0.2) is 0 Å². The van der Waals surface area contributed by atoms with Gasteiger partial charge in [-0.05, 0) is 31.3 Å². The molecule has 1 aromatic rings. The molecular formula is C12H15N3O3S. The van der Waals surface area contributed by atoms with Gasteiger partial charge >= 0.3 is 5.97 Å². The van der Waals surface area contributed by atoms with Crippen molar-refractivity contribution in [2.75, 3.05) is 5.32 Å². The largest absolute Gasteiger partial charge is 0.481 e. The van der Waals surface area contributed by atoms with E-state index in [4.69, 9.17) is 17.3 Å². The first-order valence-electron chi connectivity index (χ1n) is 5.61. The third-order valence-corrected chi connectivity index (χ3v) is 2.39. The number of carbonyl (C=O) groups excluding carboxylic acids is 1. The molecule has 0 radical (unpaired) electrons. The van der Waals surface area contributed by atoms with Crippen LogP contribution in [-0.2, 0) is 9.59 Å². The maximum atomic E-state index is 11.2. The zero-order valence-corrected chi connectivity index (χ0v) is 11.2. The van der Waals surface area contributed by atoms with Gasteiger partial charge in [0.1, 0.15) is 0 Å². The van der Waals surface area contributed by atoms with Crippen molar-refractivity contribution in [2.45, 2.75) is 19.8 Å². The van der Waals surface area contributed by atoms with Gasteiger partial charge < -0.3 is 10.4 Å². The van der Waals surface area contributed by atoms with E-state index in [9.17, 15) is 9.59 Å². The molecule has 0 aliphatic rings. The predicted octanol–water partition coefficient (Wildman–Crippen LogP) is 1.18. The van der Waals surface area contributed by atoms with Crippen LogP contribution in [0.1, 0.15) is 18.4 Å². The lowest BCUT2D eigenvalue weighted by molar-refractivity contribution is -0.138. The molecule has 0 heterocycles. The number of amides is 1. The number of anilines is 1. The minimum atomic E-state index is -1.02. The number of hydrogen-bond acceptors (Lipinski definition) is 3. The van der Waals surface area contributed by atoms with Crippen LogP contribution in [-0.4, -0.2) is 22.1 Å². The highest BCUT2D eigenvalue weighted by atomic mass is 32.1. The number of hydrazine groups is 1. The first-order chi connectivity index (χ1) is 8.97. The van der Waals surface area contributed by atoms with Gasteiger partial charge in [-0.1, -0.05) is 17.7 Å². The summed E-state index contributed by atoms with van der Waals surface area (Å²) in [5.74, 6) is -1.45. The fraction of sp³-hybridized carbons (Fsp3) is 0.250. The van der Waals surface area contributed by atoms with Crippen LogP contribution in [0.15, 0.2) is 24.3 Å². The van der Waals surface area contributed by atoms with Gasteiger partial charge in [0.15, 0.2) is 5.11 Å². The van der Waals surface area contributed by atoms with Crippen molar-refractivity contribution in [3.63, 3.8) is 0 Å². The maximum Gasteiger partial charge on any atom is 0.303 e. The van der Waals surface area contributed by atoms with E-state index in [1.54, 1.807) is 0 Å². The minimum absolute atomic E-state index is 0.102. The van der Waals surface area contributed by atoms with Gasteiger partial charge in [0, 0.05) is 12.1 Å². The van der Waals surface area contributed by atoms with Crippen LogP contribution in [0.25, 0.3) is 0 Å². The molecule has 102 valence electrons. The molecule has 19 heavy (non-hydrogen) atoms. The summed E-state index contributed by atoms with van der Waals surface area (Å²) >= 11 is 4.97. The van der Waals surface area contributed by atoms with Crippen LogP contribution < -0.4 is 16.2 Å². The number of nitrogens with one attached hydrogen (secondary N) is 3. The lowest BCUT2D eigenvalue weighted by Crippen LogP contribution is -2.43. The van der Waals surface area contributed by atoms with Crippen molar-refractivity contribution >= 4 is 34.9 Å². The Morgan fingerprint density at radius 1 is 1.16 bits per heavy atom. The quantitative estimate of drug-likeness (QED) is 0.489. The fourth-order valence-corrected chi connectivity index (χ4v) is 1.38. The summed E-state index contributed by atoms with van der Waals surface area (Å²) < 4.78 is 0. The number of thiocarbonyl (C=S) groups is 1. The summed E-state index contributed by atoms with van der Waals surface area (Å²) in [7, 11) is 0. The van der Waals surface area contributed by atoms with Crippen LogP contribution in [0.4, 0.5) is 5.69 Å². The Morgan fingerprint density at radius 2 is 1.79 bits per heavy atom. The van der Waals surface area contributed by atoms with Crippen LogP contribution in [0.3, 0.4) is 0 Å². The van der Waals surface area contributed by atoms with Crippen molar-refractivity contribution in [1.82, 2.24) is 10.9 Å². The lowest BCUT2D eigenvalue weighted by atomic mass is 10.2. The number of carboxylic acids is 1. The van der Waals surface area contributed by atoms with E-state index in [1.165, 1.54) is 0 Å². The monoisotopic (exact) mass is 281 g/mol. The van der Waals surface area contributed by atoms with Crippen LogP contribution in [0, 0.1) is 6.92 Å². The first-order valence-corrected chi connectivity index (χ1v) is 6.02. The highest BCUT2D eigenvalue weighted by Crippen LogP contribution is 2.07. The molecule has 6 nitrogen and oxygen atoms in total. The molecule has 1 amide bonds. The number of carbonyl (C=O) groups is 2. The van der Waals surface area contributed by atoms with Crippen molar-refractivity contribution in [3.05, 3.63) is 29.8 Å². The second-order valence-corrected chi connectivity index (χ2v) is 4.30. The highest BCUT2D eigenvalue weighted by Gasteiger charge is 2.05. The summed E-state index contributed by atoms with van der Waals surface area (Å²) in [6.45, 7) is 1.98. The Bertz CT molecular complexity index is 474. The predicted molar refractivity (Wildman–Crippen MR) is 75.5 cm³/mol. The van der Waals surface area contributed by atoms with E-state index in [2.05, 4.69) is 16.2 Å². The summed E-state index contributed by atoms with van der Waals surface area (Å²) in [6, 6.07) is 7.57. The average Bonchev–Trinajstić information content (AvgIpc) is 2.36. The third-order valence-electron chi connectivity index (χ3n) is 2.19. The highest BCUT2D eigenvalue weighted by molar-refractivity contribution is 7.80. The van der Waals surface area contributed by atoms with Gasteiger partial charge in [-0.2, -0.15) is 0 Å². The van der Waals surface area contributed by atoms with E-state index in [1.807, 2.05) is 31.2 Å². The summed E-state index contributed by atoms with van der Waals surface area (Å²) in [4.78, 5) is 21.5. The molecule has 0 fully saturated rings. The van der Waals surface area contributed by atoms with Gasteiger partial charge in [0.25, 0.3) is 0 Å². The summed E-state index contributed by atoms with van der Waals surface area (Å²) in [5.41, 5.74) is 6.74. The molecule has 0 saturated carbocycles. The van der Waals surface area contributed by atoms with E-state index >= 15 is 0 Å². The number of benzene rings is 1. The van der Waals surface area contributed by atoms with Gasteiger partial charge in [-0.3, -0.25) is 20.4 Å². The maximum absolute atomic E-state index is 11.2. The molecule has 0 bridgehead atoms. The third kappa shape index (κ3) is 6.37. The number of rotatable bonds is 4. The van der Waals surface area contributed by atoms with Crippen molar-refractivity contribution in [1.29, 1.82) is 0 Å². The number of carboxylic acid groups (broad SMARTS) is 1. The standard InChI is InChI=1S/C12H15N3O3S/c1-8-2-4-9(5-3-8)13-12(19)15-14-10(16)6-7-11(17)18/h2-5H,6-7H2,1H3,(H,14,16)(H,17,18)(H2,13,15,19). The van der Waals surface area contributed by atoms with E-state index < -0.39 is 11.9 Å². The lowest BCUT2D eigenvalue weighted by Gasteiger charge is -2.11. The molecule has 0 atom stereocenters. The molecule has 7 heteroatoms. The molecule has 1 aromatic carbocycles. The van der Waals surface area contributed by atoms with E-state index in [-0.39, 0.29) is 18.0 Å². The summed E-state index contributed by atoms with van der Waals surface area (Å²) in [6.07, 6.45) is -0.318. The molecule has 0 spiro atoms. The Balaban J connectivity index is 2.29. The first kappa shape index (κ1) is 14.9. The van der Waals surface area contributed by atoms with E-state index in [0.29, 0.717) is 0 Å². The van der Waals surface area contributed by atoms with Gasteiger partial charge in [0.05, 0.1) is 6.42 Å². The van der Waals surface area contributed by atoms with Crippen molar-refractivity contribution < 1.29 is 14.7 Å². The van der Waals surface area contributed by atoms with Crippen LogP contribution in [0.5, 0.6) is 0 Å². The number of aryl methyl sites for hydroxylation is 1. The SMILES string of the molecule is Cc1ccc(NC(=S)NNC(=O)CCC(=O)O)cc1. The average molecular weight is 281 g/mol. The second-order valence-electron chi connectivity index (χ2n) is 3.89. The molecule has 0 aliphatic carbocycles. The van der Waals surface area contributed by atoms with E-state index in [0.717, 1.165) is 11.3 Å². The molecule has 0 unspecified atom stereocenters. The van der Waals surface area contributed by atoms with Crippen LogP contribution >= 0.6 is 12.2 Å². The number of hydrogen-bond donors (Lipinski definition) is 4. The molecule has 0 aliphatic heterocycles. The molecule has 0 saturated heterocycles. The minimum Gasteiger partial charge on any atom is -0.481 e. The van der Waals surface area contributed by atoms with Gasteiger partial charge in [0.2, 0.25) is 5.91 Å². The van der Waals surface area contributed by atoms with Crippen molar-refractivity contribution in [3.8, 4) is 0 Å². The zero-order valence-electron chi connectivity index (χ0n) is 10.4. The normalized spacial score (nSPS) is 9.53. The Kier molecular flexibility index (Phi) is 5.74. The molecule has 4 N–H and O–H groups in total. The smallest absolute Gasteiger partial charge is 0.303 e. The molecule has 1 rings (SSSR count). The van der Waals surface area contributed by atoms with Gasteiger partial charge in [-0.15, -0.1) is 0 Å². The number of aliphatic carboxylic acids is 1. The second kappa shape index (κ2) is 7.32. The van der Waals surface area contributed by atoms with Crippen molar-refractivity contribution in [2.24, 2.45) is 0 Å². The Hall–Kier alpha value is -2.15. The zero-order chi connectivity index (χ0) is 14.3. The summed E-state index contributed by atoms with van der Waals surface area (Å²) in [5, 5.41) is 11.5.